The van der Waals surface area contributed by atoms with Crippen LogP contribution in [0.2, 0.25) is 5.02 Å². The monoisotopic (exact) mass is 323 g/mol. The van der Waals surface area contributed by atoms with Gasteiger partial charge in [0, 0.05) is 24.0 Å². The first-order valence-corrected chi connectivity index (χ1v) is 6.88. The summed E-state index contributed by atoms with van der Waals surface area (Å²) in [5.74, 6) is -3.58. The molecule has 0 bridgehead atoms. The number of carbonyl (C=O) groups is 2. The Bertz CT molecular complexity index is 659. The molecule has 1 aliphatic carbocycles. The number of nitrogens with zero attached hydrogens (tertiary/aromatic N) is 1. The number of nitro benzene ring substituents is 1. The number of carboxylic acid groups (broad SMARTS) is 1. The van der Waals surface area contributed by atoms with Gasteiger partial charge in [-0.25, -0.2) is 0 Å². The molecule has 2 rings (SSSR count). The number of non-ortho nitro benzene ring substituents is 1. The van der Waals surface area contributed by atoms with Crippen molar-refractivity contribution in [2.45, 2.75) is 12.8 Å². The molecule has 22 heavy (non-hydrogen) atoms. The smallest absolute Gasteiger partial charge is 0.271 e. The zero-order valence-corrected chi connectivity index (χ0v) is 12.1. The molecule has 1 aliphatic rings. The van der Waals surface area contributed by atoms with Crippen LogP contribution in [0.25, 0.3) is 0 Å². The van der Waals surface area contributed by atoms with E-state index in [0.29, 0.717) is 0 Å². The summed E-state index contributed by atoms with van der Waals surface area (Å²) in [6, 6.07) is 3.64. The van der Waals surface area contributed by atoms with E-state index in [0.717, 1.165) is 6.07 Å². The number of carbonyl (C=O) groups excluding carboxylic acids is 2. The molecule has 1 aromatic carbocycles. The molecule has 2 unspecified atom stereocenters. The molecule has 1 N–H and O–H groups in total. The van der Waals surface area contributed by atoms with Gasteiger partial charge in [-0.3, -0.25) is 14.9 Å². The van der Waals surface area contributed by atoms with Crippen molar-refractivity contribution in [2.75, 3.05) is 5.32 Å². The van der Waals surface area contributed by atoms with Crippen LogP contribution in [-0.4, -0.2) is 16.8 Å². The van der Waals surface area contributed by atoms with Crippen LogP contribution in [0.1, 0.15) is 12.8 Å². The van der Waals surface area contributed by atoms with E-state index < -0.39 is 28.6 Å². The zero-order chi connectivity index (χ0) is 16.3. The average molecular weight is 324 g/mol. The van der Waals surface area contributed by atoms with Crippen molar-refractivity contribution in [3.8, 4) is 0 Å². The van der Waals surface area contributed by atoms with Crippen LogP contribution in [0.5, 0.6) is 0 Å². The quantitative estimate of drug-likeness (QED) is 0.513. The van der Waals surface area contributed by atoms with Crippen LogP contribution in [0.15, 0.2) is 30.4 Å². The van der Waals surface area contributed by atoms with Gasteiger partial charge in [0.15, 0.2) is 0 Å². The number of aliphatic carboxylic acids is 1. The number of allylic oxidation sites excluding steroid dienone is 2. The van der Waals surface area contributed by atoms with E-state index in [4.69, 9.17) is 11.6 Å². The maximum Gasteiger partial charge on any atom is 0.271 e. The third kappa shape index (κ3) is 3.43. The van der Waals surface area contributed by atoms with Crippen molar-refractivity contribution in [2.24, 2.45) is 11.8 Å². The van der Waals surface area contributed by atoms with E-state index in [1.54, 1.807) is 12.2 Å². The maximum atomic E-state index is 12.3. The lowest BCUT2D eigenvalue weighted by Gasteiger charge is -2.28. The van der Waals surface area contributed by atoms with Gasteiger partial charge in [0.1, 0.15) is 0 Å². The highest BCUT2D eigenvalue weighted by Gasteiger charge is 2.30. The van der Waals surface area contributed by atoms with Gasteiger partial charge < -0.3 is 15.2 Å². The summed E-state index contributed by atoms with van der Waals surface area (Å²) >= 11 is 5.90. The van der Waals surface area contributed by atoms with Crippen LogP contribution in [-0.2, 0) is 9.59 Å². The number of benzene rings is 1. The first kappa shape index (κ1) is 16.0. The van der Waals surface area contributed by atoms with Crippen molar-refractivity contribution < 1.29 is 19.6 Å². The third-order valence-corrected chi connectivity index (χ3v) is 3.82. The van der Waals surface area contributed by atoms with E-state index in [1.165, 1.54) is 12.1 Å². The zero-order valence-electron chi connectivity index (χ0n) is 11.3. The minimum absolute atomic E-state index is 0.0764. The number of halogens is 1. The Balaban J connectivity index is 2.21. The summed E-state index contributed by atoms with van der Waals surface area (Å²) in [6.07, 6.45) is 3.88. The Kier molecular flexibility index (Phi) is 4.77. The maximum absolute atomic E-state index is 12.3. The fourth-order valence-corrected chi connectivity index (χ4v) is 2.48. The molecule has 0 saturated carbocycles. The summed E-state index contributed by atoms with van der Waals surface area (Å²) in [5, 5.41) is 24.4. The van der Waals surface area contributed by atoms with E-state index in [2.05, 4.69) is 5.32 Å². The molecule has 1 amide bonds. The summed E-state index contributed by atoms with van der Waals surface area (Å²) < 4.78 is 0. The first-order valence-electron chi connectivity index (χ1n) is 6.51. The first-order chi connectivity index (χ1) is 10.4. The minimum Gasteiger partial charge on any atom is -0.550 e. The predicted molar refractivity (Wildman–Crippen MR) is 77.1 cm³/mol. The van der Waals surface area contributed by atoms with Crippen LogP contribution in [0.4, 0.5) is 11.4 Å². The van der Waals surface area contributed by atoms with Gasteiger partial charge in [0.25, 0.3) is 5.69 Å². The largest absolute Gasteiger partial charge is 0.550 e. The van der Waals surface area contributed by atoms with Gasteiger partial charge in [-0.05, 0) is 18.9 Å². The molecule has 0 saturated heterocycles. The van der Waals surface area contributed by atoms with Crippen molar-refractivity contribution in [1.82, 2.24) is 0 Å². The summed E-state index contributed by atoms with van der Waals surface area (Å²) in [5.41, 5.74) is -0.146. The lowest BCUT2D eigenvalue weighted by molar-refractivity contribution is -0.384. The molecule has 0 fully saturated rings. The number of hydrogen-bond acceptors (Lipinski definition) is 5. The molecule has 2 atom stereocenters. The Morgan fingerprint density at radius 2 is 1.86 bits per heavy atom. The van der Waals surface area contributed by atoms with Crippen LogP contribution in [0.3, 0.4) is 0 Å². The molecule has 116 valence electrons. The van der Waals surface area contributed by atoms with E-state index >= 15 is 0 Å². The number of rotatable bonds is 4. The Hall–Kier alpha value is -2.41. The second-order valence-electron chi connectivity index (χ2n) is 4.89. The topological polar surface area (TPSA) is 112 Å². The second-order valence-corrected chi connectivity index (χ2v) is 5.29. The van der Waals surface area contributed by atoms with E-state index in [-0.39, 0.29) is 29.2 Å². The Morgan fingerprint density at radius 1 is 1.23 bits per heavy atom. The number of carboxylic acids is 1. The van der Waals surface area contributed by atoms with Crippen molar-refractivity contribution >= 4 is 34.9 Å². The Labute approximate surface area is 130 Å². The van der Waals surface area contributed by atoms with E-state index in [1.807, 2.05) is 0 Å². The van der Waals surface area contributed by atoms with Gasteiger partial charge in [0.05, 0.1) is 21.6 Å². The number of anilines is 1. The minimum atomic E-state index is -1.30. The van der Waals surface area contributed by atoms with Crippen LogP contribution in [0, 0.1) is 22.0 Å². The van der Waals surface area contributed by atoms with Gasteiger partial charge >= 0.3 is 0 Å². The molecule has 0 heterocycles. The summed E-state index contributed by atoms with van der Waals surface area (Å²) in [6.45, 7) is 0. The molecule has 1 aromatic rings. The lowest BCUT2D eigenvalue weighted by atomic mass is 9.82. The number of nitrogens with one attached hydrogen (secondary N) is 1. The highest BCUT2D eigenvalue weighted by molar-refractivity contribution is 6.33. The molecule has 0 radical (unpaired) electrons. The second kappa shape index (κ2) is 6.57. The molecule has 8 heteroatoms. The SMILES string of the molecule is O=C([O-])C1CC=CCC1C(=O)Nc1cc([N+](=O)[O-])ccc1Cl. The molecule has 0 aliphatic heterocycles. The number of amides is 1. The summed E-state index contributed by atoms with van der Waals surface area (Å²) in [7, 11) is 0. The van der Waals surface area contributed by atoms with E-state index in [9.17, 15) is 24.8 Å². The number of nitro groups is 1. The predicted octanol–water partition coefficient (Wildman–Crippen LogP) is 1.52. The highest BCUT2D eigenvalue weighted by atomic mass is 35.5. The fraction of sp³-hybridized carbons (Fsp3) is 0.286. The van der Waals surface area contributed by atoms with Crippen molar-refractivity contribution in [3.05, 3.63) is 45.5 Å². The highest BCUT2D eigenvalue weighted by Crippen LogP contribution is 2.30. The molecule has 0 aromatic heterocycles. The lowest BCUT2D eigenvalue weighted by Crippen LogP contribution is -2.41. The molecule has 7 nitrogen and oxygen atoms in total. The molecular weight excluding hydrogens is 312 g/mol. The molecular formula is C14H12ClN2O5-. The van der Waals surface area contributed by atoms with Gasteiger partial charge in [-0.15, -0.1) is 0 Å². The number of hydrogen-bond donors (Lipinski definition) is 1. The normalized spacial score (nSPS) is 20.4. The van der Waals surface area contributed by atoms with Gasteiger partial charge in [-0.2, -0.15) is 0 Å². The van der Waals surface area contributed by atoms with Gasteiger partial charge in [0.2, 0.25) is 5.91 Å². The van der Waals surface area contributed by atoms with Crippen LogP contribution < -0.4 is 10.4 Å². The average Bonchev–Trinajstić information content (AvgIpc) is 2.49. The van der Waals surface area contributed by atoms with Gasteiger partial charge in [-0.1, -0.05) is 23.8 Å². The molecule has 0 spiro atoms. The van der Waals surface area contributed by atoms with Crippen molar-refractivity contribution in [1.29, 1.82) is 0 Å². The van der Waals surface area contributed by atoms with Crippen LogP contribution >= 0.6 is 11.6 Å². The van der Waals surface area contributed by atoms with Crippen molar-refractivity contribution in [3.63, 3.8) is 0 Å². The fourth-order valence-electron chi connectivity index (χ4n) is 2.31. The third-order valence-electron chi connectivity index (χ3n) is 3.49. The summed E-state index contributed by atoms with van der Waals surface area (Å²) in [4.78, 5) is 33.5. The Morgan fingerprint density at radius 3 is 2.45 bits per heavy atom. The standard InChI is InChI=1S/C14H13ClN2O5/c15-11-6-5-8(17(21)22)7-12(11)16-13(18)9-3-1-2-4-10(9)14(19)20/h1-2,5-7,9-10H,3-4H2,(H,16,18)(H,19,20)/p-1.